The molecule has 0 spiro atoms. The average molecular weight is 291 g/mol. The number of carbonyl (C=O) groups is 1. The molecule has 1 aromatic rings. The summed E-state index contributed by atoms with van der Waals surface area (Å²) < 4.78 is 0. The van der Waals surface area contributed by atoms with Crippen LogP contribution in [0.3, 0.4) is 0 Å². The van der Waals surface area contributed by atoms with Crippen molar-refractivity contribution in [1.82, 2.24) is 0 Å². The maximum absolute atomic E-state index is 12.0. The summed E-state index contributed by atoms with van der Waals surface area (Å²) in [4.78, 5) is 12.0. The van der Waals surface area contributed by atoms with Crippen LogP contribution in [0.25, 0.3) is 0 Å². The Kier molecular flexibility index (Phi) is 6.68. The SMILES string of the molecule is CCCC(C)(N)C(=O)Nc1ccc(C)cc1Cl.Cl. The molecule has 1 atom stereocenters. The number of nitrogens with two attached hydrogens (primary N) is 1. The Morgan fingerprint density at radius 3 is 2.61 bits per heavy atom. The Bertz CT molecular complexity index is 419. The molecule has 0 heterocycles. The summed E-state index contributed by atoms with van der Waals surface area (Å²) in [5, 5.41) is 3.30. The summed E-state index contributed by atoms with van der Waals surface area (Å²) in [5.74, 6) is -0.204. The fourth-order valence-corrected chi connectivity index (χ4v) is 1.90. The molecule has 5 heteroatoms. The van der Waals surface area contributed by atoms with Gasteiger partial charge in [0.2, 0.25) is 5.91 Å². The van der Waals surface area contributed by atoms with Gasteiger partial charge in [0.1, 0.15) is 0 Å². The van der Waals surface area contributed by atoms with E-state index < -0.39 is 5.54 Å². The highest BCUT2D eigenvalue weighted by molar-refractivity contribution is 6.33. The van der Waals surface area contributed by atoms with Crippen LogP contribution >= 0.6 is 24.0 Å². The number of benzene rings is 1. The molecule has 0 aliphatic carbocycles. The van der Waals surface area contributed by atoms with Crippen molar-refractivity contribution in [3.05, 3.63) is 28.8 Å². The predicted molar refractivity (Wildman–Crippen MR) is 79.6 cm³/mol. The lowest BCUT2D eigenvalue weighted by molar-refractivity contribution is -0.120. The van der Waals surface area contributed by atoms with E-state index in [0.29, 0.717) is 17.1 Å². The Balaban J connectivity index is 0.00000289. The van der Waals surface area contributed by atoms with Crippen LogP contribution in [0.1, 0.15) is 32.3 Å². The number of amides is 1. The van der Waals surface area contributed by atoms with E-state index in [1.165, 1.54) is 0 Å². The lowest BCUT2D eigenvalue weighted by atomic mass is 9.96. The molecule has 0 aromatic heterocycles. The summed E-state index contributed by atoms with van der Waals surface area (Å²) in [6.45, 7) is 5.67. The number of nitrogens with one attached hydrogen (secondary N) is 1. The zero-order valence-corrected chi connectivity index (χ0v) is 12.5. The fourth-order valence-electron chi connectivity index (χ4n) is 1.62. The molecular weight excluding hydrogens is 271 g/mol. The molecule has 1 amide bonds. The van der Waals surface area contributed by atoms with Gasteiger partial charge in [-0.25, -0.2) is 0 Å². The molecule has 0 saturated carbocycles. The molecule has 1 unspecified atom stereocenters. The maximum Gasteiger partial charge on any atom is 0.244 e. The van der Waals surface area contributed by atoms with E-state index in [1.54, 1.807) is 13.0 Å². The fraction of sp³-hybridized carbons (Fsp3) is 0.462. The quantitative estimate of drug-likeness (QED) is 0.891. The van der Waals surface area contributed by atoms with Crippen LogP contribution in [-0.4, -0.2) is 11.4 Å². The van der Waals surface area contributed by atoms with Gasteiger partial charge in [-0.05, 0) is 38.0 Å². The van der Waals surface area contributed by atoms with E-state index in [1.807, 2.05) is 26.0 Å². The van der Waals surface area contributed by atoms with Crippen molar-refractivity contribution in [2.24, 2.45) is 5.73 Å². The van der Waals surface area contributed by atoms with Gasteiger partial charge in [0.25, 0.3) is 0 Å². The number of halogens is 2. The lowest BCUT2D eigenvalue weighted by Gasteiger charge is -2.23. The Morgan fingerprint density at radius 1 is 1.50 bits per heavy atom. The zero-order chi connectivity index (χ0) is 13.1. The van der Waals surface area contributed by atoms with Crippen LogP contribution in [0.15, 0.2) is 18.2 Å². The first-order valence-corrected chi connectivity index (χ1v) is 6.11. The van der Waals surface area contributed by atoms with E-state index in [9.17, 15) is 4.79 Å². The van der Waals surface area contributed by atoms with Crippen LogP contribution in [0, 0.1) is 6.92 Å². The second-order valence-electron chi connectivity index (χ2n) is 4.60. The molecule has 1 rings (SSSR count). The normalized spacial score (nSPS) is 13.4. The van der Waals surface area contributed by atoms with E-state index >= 15 is 0 Å². The summed E-state index contributed by atoms with van der Waals surface area (Å²) in [6, 6.07) is 5.50. The van der Waals surface area contributed by atoms with Crippen LogP contribution in [-0.2, 0) is 4.79 Å². The molecule has 0 aliphatic heterocycles. The number of anilines is 1. The van der Waals surface area contributed by atoms with Gasteiger partial charge >= 0.3 is 0 Å². The van der Waals surface area contributed by atoms with E-state index in [0.717, 1.165) is 12.0 Å². The first-order chi connectivity index (χ1) is 7.86. The molecule has 0 saturated heterocycles. The Hall–Kier alpha value is -0.770. The van der Waals surface area contributed by atoms with Crippen molar-refractivity contribution in [2.75, 3.05) is 5.32 Å². The van der Waals surface area contributed by atoms with E-state index in [4.69, 9.17) is 17.3 Å². The minimum atomic E-state index is -0.858. The van der Waals surface area contributed by atoms with Crippen molar-refractivity contribution >= 4 is 35.6 Å². The molecule has 0 aliphatic rings. The summed E-state index contributed by atoms with van der Waals surface area (Å²) in [5.41, 5.74) is 6.74. The van der Waals surface area contributed by atoms with Crippen molar-refractivity contribution in [1.29, 1.82) is 0 Å². The highest BCUT2D eigenvalue weighted by atomic mass is 35.5. The molecule has 0 bridgehead atoms. The van der Waals surface area contributed by atoms with Gasteiger partial charge in [0.15, 0.2) is 0 Å². The van der Waals surface area contributed by atoms with Crippen molar-refractivity contribution in [2.45, 2.75) is 39.2 Å². The molecule has 0 fully saturated rings. The summed E-state index contributed by atoms with van der Waals surface area (Å²) in [6.07, 6.45) is 1.50. The van der Waals surface area contributed by atoms with Crippen LogP contribution in [0.2, 0.25) is 5.02 Å². The monoisotopic (exact) mass is 290 g/mol. The smallest absolute Gasteiger partial charge is 0.244 e. The van der Waals surface area contributed by atoms with E-state index in [2.05, 4.69) is 5.32 Å². The first-order valence-electron chi connectivity index (χ1n) is 5.73. The minimum absolute atomic E-state index is 0. The Labute approximate surface area is 119 Å². The summed E-state index contributed by atoms with van der Waals surface area (Å²) >= 11 is 6.05. The lowest BCUT2D eigenvalue weighted by Crippen LogP contribution is -2.48. The molecular formula is C13H20Cl2N2O. The van der Waals surface area contributed by atoms with Crippen LogP contribution in [0.4, 0.5) is 5.69 Å². The Morgan fingerprint density at radius 2 is 2.11 bits per heavy atom. The number of hydrogen-bond acceptors (Lipinski definition) is 2. The van der Waals surface area contributed by atoms with Gasteiger partial charge < -0.3 is 11.1 Å². The minimum Gasteiger partial charge on any atom is -0.323 e. The van der Waals surface area contributed by atoms with Gasteiger partial charge in [-0.3, -0.25) is 4.79 Å². The van der Waals surface area contributed by atoms with E-state index in [-0.39, 0.29) is 18.3 Å². The maximum atomic E-state index is 12.0. The third-order valence-electron chi connectivity index (χ3n) is 2.66. The van der Waals surface area contributed by atoms with Crippen LogP contribution < -0.4 is 11.1 Å². The number of aryl methyl sites for hydroxylation is 1. The number of rotatable bonds is 4. The van der Waals surface area contributed by atoms with Gasteiger partial charge in [-0.1, -0.05) is 31.0 Å². The van der Waals surface area contributed by atoms with Gasteiger partial charge in [-0.15, -0.1) is 12.4 Å². The molecule has 3 nitrogen and oxygen atoms in total. The zero-order valence-electron chi connectivity index (χ0n) is 10.9. The first kappa shape index (κ1) is 17.2. The van der Waals surface area contributed by atoms with Crippen molar-refractivity contribution in [3.8, 4) is 0 Å². The van der Waals surface area contributed by atoms with Gasteiger partial charge in [-0.2, -0.15) is 0 Å². The highest BCUT2D eigenvalue weighted by Gasteiger charge is 2.27. The standard InChI is InChI=1S/C13H19ClN2O.ClH/c1-4-7-13(3,15)12(17)16-11-6-5-9(2)8-10(11)14;/h5-6,8H,4,7,15H2,1-3H3,(H,16,17);1H. The topological polar surface area (TPSA) is 55.1 Å². The van der Waals surface area contributed by atoms with Crippen molar-refractivity contribution < 1.29 is 4.79 Å². The summed E-state index contributed by atoms with van der Waals surface area (Å²) in [7, 11) is 0. The largest absolute Gasteiger partial charge is 0.323 e. The molecule has 0 radical (unpaired) electrons. The number of hydrogen-bond donors (Lipinski definition) is 2. The molecule has 3 N–H and O–H groups in total. The highest BCUT2D eigenvalue weighted by Crippen LogP contribution is 2.24. The molecule has 102 valence electrons. The molecule has 18 heavy (non-hydrogen) atoms. The predicted octanol–water partition coefficient (Wildman–Crippen LogP) is 3.53. The third kappa shape index (κ3) is 4.48. The van der Waals surface area contributed by atoms with Gasteiger partial charge in [0.05, 0.1) is 16.2 Å². The average Bonchev–Trinajstić information content (AvgIpc) is 2.22. The third-order valence-corrected chi connectivity index (χ3v) is 2.97. The van der Waals surface area contributed by atoms with Gasteiger partial charge in [0, 0.05) is 0 Å². The van der Waals surface area contributed by atoms with Crippen molar-refractivity contribution in [3.63, 3.8) is 0 Å². The van der Waals surface area contributed by atoms with Crippen LogP contribution in [0.5, 0.6) is 0 Å². The second kappa shape index (κ2) is 6.98. The molecule has 1 aromatic carbocycles. The second-order valence-corrected chi connectivity index (χ2v) is 5.01. The number of carbonyl (C=O) groups excluding carboxylic acids is 1.